The van der Waals surface area contributed by atoms with Crippen molar-refractivity contribution in [2.75, 3.05) is 26.2 Å². The summed E-state index contributed by atoms with van der Waals surface area (Å²) in [6, 6.07) is -0.00899. The van der Waals surface area contributed by atoms with E-state index in [1.54, 1.807) is 6.92 Å². The van der Waals surface area contributed by atoms with Crippen molar-refractivity contribution in [1.82, 2.24) is 4.90 Å². The summed E-state index contributed by atoms with van der Waals surface area (Å²) in [5, 5.41) is 8.77. The molecule has 6 nitrogen and oxygen atoms in total. The van der Waals surface area contributed by atoms with Crippen LogP contribution in [-0.2, 0) is 14.3 Å². The number of carboxylic acid groups (broad SMARTS) is 1. The van der Waals surface area contributed by atoms with Gasteiger partial charge in [0.1, 0.15) is 0 Å². The van der Waals surface area contributed by atoms with Gasteiger partial charge in [0.05, 0.1) is 13.2 Å². The summed E-state index contributed by atoms with van der Waals surface area (Å²) in [7, 11) is 0. The van der Waals surface area contributed by atoms with Crippen LogP contribution in [0.5, 0.6) is 0 Å². The standard InChI is InChI=1S/C12H22N2O4/c1-2-18-12(17)4-3-9-5-10(13)7-14(6-9)8-11(15)16/h9-10H,2-8,13H2,1H3,(H,15,16). The van der Waals surface area contributed by atoms with Crippen molar-refractivity contribution >= 4 is 11.9 Å². The lowest BCUT2D eigenvalue weighted by molar-refractivity contribution is -0.144. The van der Waals surface area contributed by atoms with Crippen LogP contribution in [0.4, 0.5) is 0 Å². The van der Waals surface area contributed by atoms with E-state index in [0.29, 0.717) is 32.5 Å². The van der Waals surface area contributed by atoms with Crippen molar-refractivity contribution < 1.29 is 19.4 Å². The predicted octanol–water partition coefficient (Wildman–Crippen LogP) is 0.0635. The van der Waals surface area contributed by atoms with E-state index in [1.807, 2.05) is 4.90 Å². The second-order valence-electron chi connectivity index (χ2n) is 4.79. The topological polar surface area (TPSA) is 92.9 Å². The lowest BCUT2D eigenvalue weighted by Crippen LogP contribution is -2.48. The van der Waals surface area contributed by atoms with Gasteiger partial charge in [0.25, 0.3) is 0 Å². The number of aliphatic carboxylic acids is 1. The number of hydrogen-bond acceptors (Lipinski definition) is 5. The first-order chi connectivity index (χ1) is 8.51. The van der Waals surface area contributed by atoms with Crippen LogP contribution < -0.4 is 5.73 Å². The molecule has 1 saturated heterocycles. The van der Waals surface area contributed by atoms with Gasteiger partial charge in [0.2, 0.25) is 0 Å². The molecule has 0 spiro atoms. The molecule has 0 bridgehead atoms. The molecular weight excluding hydrogens is 236 g/mol. The summed E-state index contributed by atoms with van der Waals surface area (Å²) in [4.78, 5) is 23.8. The lowest BCUT2D eigenvalue weighted by atomic mass is 9.91. The Bertz CT molecular complexity index is 296. The van der Waals surface area contributed by atoms with Crippen molar-refractivity contribution in [3.8, 4) is 0 Å². The maximum atomic E-state index is 11.3. The zero-order valence-electron chi connectivity index (χ0n) is 10.8. The Hall–Kier alpha value is -1.14. The van der Waals surface area contributed by atoms with Crippen LogP contribution in [0.3, 0.4) is 0 Å². The molecule has 0 radical (unpaired) electrons. The fourth-order valence-electron chi connectivity index (χ4n) is 2.43. The van der Waals surface area contributed by atoms with Crippen LogP contribution in [0.2, 0.25) is 0 Å². The number of carboxylic acids is 1. The van der Waals surface area contributed by atoms with Crippen LogP contribution in [0.25, 0.3) is 0 Å². The molecule has 0 aliphatic carbocycles. The highest BCUT2D eigenvalue weighted by atomic mass is 16.5. The number of carbonyl (C=O) groups is 2. The summed E-state index contributed by atoms with van der Waals surface area (Å²) in [6.07, 6.45) is 1.93. The van der Waals surface area contributed by atoms with Crippen molar-refractivity contribution in [3.05, 3.63) is 0 Å². The molecule has 0 saturated carbocycles. The van der Waals surface area contributed by atoms with Crippen LogP contribution in [0, 0.1) is 5.92 Å². The highest BCUT2D eigenvalue weighted by Crippen LogP contribution is 2.20. The molecule has 1 aliphatic rings. The molecule has 2 atom stereocenters. The minimum absolute atomic E-state index is 0.00899. The fourth-order valence-corrected chi connectivity index (χ4v) is 2.43. The molecule has 0 aromatic heterocycles. The molecule has 0 amide bonds. The monoisotopic (exact) mass is 258 g/mol. The highest BCUT2D eigenvalue weighted by molar-refractivity contribution is 5.69. The van der Waals surface area contributed by atoms with Gasteiger partial charge in [-0.2, -0.15) is 0 Å². The first kappa shape index (κ1) is 14.9. The minimum Gasteiger partial charge on any atom is -0.480 e. The molecule has 18 heavy (non-hydrogen) atoms. The first-order valence-corrected chi connectivity index (χ1v) is 6.36. The zero-order chi connectivity index (χ0) is 13.5. The van der Waals surface area contributed by atoms with Gasteiger partial charge in [-0.25, -0.2) is 0 Å². The molecule has 2 unspecified atom stereocenters. The van der Waals surface area contributed by atoms with Gasteiger partial charge in [0, 0.05) is 25.6 Å². The Labute approximate surface area is 107 Å². The number of rotatable bonds is 6. The van der Waals surface area contributed by atoms with Gasteiger partial charge >= 0.3 is 11.9 Å². The third-order valence-corrected chi connectivity index (χ3v) is 3.07. The van der Waals surface area contributed by atoms with Crippen LogP contribution in [0.15, 0.2) is 0 Å². The Morgan fingerprint density at radius 1 is 1.44 bits per heavy atom. The number of carbonyl (C=O) groups excluding carboxylic acids is 1. The Morgan fingerprint density at radius 2 is 2.17 bits per heavy atom. The number of esters is 1. The van der Waals surface area contributed by atoms with E-state index in [0.717, 1.165) is 6.42 Å². The average Bonchev–Trinajstić information content (AvgIpc) is 2.25. The first-order valence-electron chi connectivity index (χ1n) is 6.36. The van der Waals surface area contributed by atoms with Crippen molar-refractivity contribution in [1.29, 1.82) is 0 Å². The van der Waals surface area contributed by atoms with E-state index >= 15 is 0 Å². The number of ether oxygens (including phenoxy) is 1. The molecule has 1 fully saturated rings. The second kappa shape index (κ2) is 7.33. The molecule has 0 aromatic rings. The summed E-state index contributed by atoms with van der Waals surface area (Å²) in [5.41, 5.74) is 5.91. The fraction of sp³-hybridized carbons (Fsp3) is 0.833. The molecule has 6 heteroatoms. The molecule has 104 valence electrons. The number of hydrogen-bond donors (Lipinski definition) is 2. The number of likely N-dealkylation sites (tertiary alicyclic amines) is 1. The summed E-state index contributed by atoms with van der Waals surface area (Å²) in [5.74, 6) is -0.757. The van der Waals surface area contributed by atoms with Gasteiger partial charge in [-0.3, -0.25) is 14.5 Å². The molecular formula is C12H22N2O4. The van der Waals surface area contributed by atoms with Crippen LogP contribution in [-0.4, -0.2) is 54.2 Å². The van der Waals surface area contributed by atoms with E-state index in [9.17, 15) is 9.59 Å². The molecule has 0 aromatic carbocycles. The van der Waals surface area contributed by atoms with Gasteiger partial charge in [-0.1, -0.05) is 0 Å². The summed E-state index contributed by atoms with van der Waals surface area (Å²) < 4.78 is 4.87. The Balaban J connectivity index is 2.36. The maximum absolute atomic E-state index is 11.3. The smallest absolute Gasteiger partial charge is 0.317 e. The van der Waals surface area contributed by atoms with E-state index < -0.39 is 5.97 Å². The van der Waals surface area contributed by atoms with Crippen LogP contribution >= 0.6 is 0 Å². The van der Waals surface area contributed by atoms with Gasteiger partial charge in [-0.05, 0) is 25.7 Å². The van der Waals surface area contributed by atoms with Crippen LogP contribution in [0.1, 0.15) is 26.2 Å². The largest absolute Gasteiger partial charge is 0.480 e. The van der Waals surface area contributed by atoms with Crippen molar-refractivity contribution in [2.45, 2.75) is 32.2 Å². The SMILES string of the molecule is CCOC(=O)CCC1CC(N)CN(CC(=O)O)C1. The van der Waals surface area contributed by atoms with E-state index in [-0.39, 0.29) is 24.5 Å². The van der Waals surface area contributed by atoms with E-state index in [4.69, 9.17) is 15.6 Å². The third kappa shape index (κ3) is 5.46. The maximum Gasteiger partial charge on any atom is 0.317 e. The highest BCUT2D eigenvalue weighted by Gasteiger charge is 2.26. The normalized spacial score (nSPS) is 24.8. The predicted molar refractivity (Wildman–Crippen MR) is 66.0 cm³/mol. The Morgan fingerprint density at radius 3 is 2.78 bits per heavy atom. The molecule has 3 N–H and O–H groups in total. The Kier molecular flexibility index (Phi) is 6.07. The second-order valence-corrected chi connectivity index (χ2v) is 4.79. The van der Waals surface area contributed by atoms with Gasteiger partial charge in [0.15, 0.2) is 0 Å². The van der Waals surface area contributed by atoms with Gasteiger partial charge in [-0.15, -0.1) is 0 Å². The van der Waals surface area contributed by atoms with Gasteiger partial charge < -0.3 is 15.6 Å². The average molecular weight is 258 g/mol. The quantitative estimate of drug-likeness (QED) is 0.655. The summed E-state index contributed by atoms with van der Waals surface area (Å²) in [6.45, 7) is 3.50. The van der Waals surface area contributed by atoms with E-state index in [2.05, 4.69) is 0 Å². The molecule has 1 rings (SSSR count). The number of nitrogens with two attached hydrogens (primary N) is 1. The lowest BCUT2D eigenvalue weighted by Gasteiger charge is -2.35. The number of nitrogens with zero attached hydrogens (tertiary/aromatic N) is 1. The number of piperidine rings is 1. The minimum atomic E-state index is -0.840. The van der Waals surface area contributed by atoms with Crippen molar-refractivity contribution in [2.24, 2.45) is 11.7 Å². The zero-order valence-corrected chi connectivity index (χ0v) is 10.8. The molecule has 1 aliphatic heterocycles. The third-order valence-electron chi connectivity index (χ3n) is 3.07. The van der Waals surface area contributed by atoms with E-state index in [1.165, 1.54) is 0 Å². The summed E-state index contributed by atoms with van der Waals surface area (Å²) >= 11 is 0. The van der Waals surface area contributed by atoms with Crippen molar-refractivity contribution in [3.63, 3.8) is 0 Å². The molecule has 1 heterocycles.